The Morgan fingerprint density at radius 2 is 1.60 bits per heavy atom. The number of hydrogen-bond donors (Lipinski definition) is 10. The molecule has 40 heavy (non-hydrogen) atoms. The number of aliphatic hydroxyl groups is 4. The number of hydrogen-bond acceptors (Lipinski definition) is 11. The van der Waals surface area contributed by atoms with Gasteiger partial charge in [0.25, 0.3) is 0 Å². The standard InChI is InChI=1S/C26H36N4O9S/c1-14(27-12-24(36)17-4-7-21(33)26-18(17)5-8-25(37)29-26)22(34)10-16(13-31)28-11-23(35)15-3-6-20(32)19(9-15)30-40(2,38)39/h3-9,14,16,22-24,27-28,30-36H,10-13H2,1-2H3,(H,29,37). The van der Waals surface area contributed by atoms with Crippen LogP contribution in [-0.4, -0.2) is 88.2 Å². The van der Waals surface area contributed by atoms with E-state index in [1.807, 2.05) is 0 Å². The van der Waals surface area contributed by atoms with Crippen LogP contribution in [0.1, 0.15) is 36.7 Å². The summed E-state index contributed by atoms with van der Waals surface area (Å²) in [6, 6.07) is 8.63. The van der Waals surface area contributed by atoms with E-state index in [2.05, 4.69) is 20.3 Å². The lowest BCUT2D eigenvalue weighted by molar-refractivity contribution is 0.0843. The monoisotopic (exact) mass is 580 g/mol. The number of anilines is 1. The van der Waals surface area contributed by atoms with Crippen LogP contribution in [0.2, 0.25) is 0 Å². The third kappa shape index (κ3) is 8.38. The number of pyridine rings is 1. The first-order valence-corrected chi connectivity index (χ1v) is 14.5. The van der Waals surface area contributed by atoms with E-state index < -0.39 is 40.4 Å². The first kappa shape index (κ1) is 31.3. The van der Waals surface area contributed by atoms with E-state index in [0.717, 1.165) is 6.26 Å². The summed E-state index contributed by atoms with van der Waals surface area (Å²) in [7, 11) is -3.65. The number of nitrogens with one attached hydrogen (secondary N) is 4. The summed E-state index contributed by atoms with van der Waals surface area (Å²) >= 11 is 0. The van der Waals surface area contributed by atoms with E-state index in [-0.39, 0.29) is 54.4 Å². The summed E-state index contributed by atoms with van der Waals surface area (Å²) in [6.07, 6.45) is -2.02. The molecule has 5 unspecified atom stereocenters. The Balaban J connectivity index is 1.54. The fourth-order valence-electron chi connectivity index (χ4n) is 4.25. The van der Waals surface area contributed by atoms with Crippen molar-refractivity contribution < 1.29 is 39.1 Å². The van der Waals surface area contributed by atoms with Crippen LogP contribution in [0.4, 0.5) is 5.69 Å². The second kappa shape index (κ2) is 13.4. The summed E-state index contributed by atoms with van der Waals surface area (Å²) in [5.74, 6) is -0.421. The highest BCUT2D eigenvalue weighted by Crippen LogP contribution is 2.29. The number of fused-ring (bicyclic) bond motifs is 1. The molecular weight excluding hydrogens is 544 g/mol. The number of phenolic OH excluding ortho intramolecular Hbond substituents is 2. The van der Waals surface area contributed by atoms with Gasteiger partial charge in [0, 0.05) is 36.6 Å². The SMILES string of the molecule is CC(NCC(O)c1ccc(O)c2[nH]c(=O)ccc12)C(O)CC(CO)NCC(O)c1ccc(O)c(NS(C)(=O)=O)c1. The summed E-state index contributed by atoms with van der Waals surface area (Å²) in [4.78, 5) is 14.2. The maximum atomic E-state index is 11.6. The van der Waals surface area contributed by atoms with Crippen molar-refractivity contribution in [2.75, 3.05) is 30.7 Å². The van der Waals surface area contributed by atoms with Crippen molar-refractivity contribution in [3.8, 4) is 11.5 Å². The number of aliphatic hydroxyl groups excluding tert-OH is 4. The smallest absolute Gasteiger partial charge is 0.248 e. The molecule has 0 saturated heterocycles. The lowest BCUT2D eigenvalue weighted by atomic mass is 10.0. The largest absolute Gasteiger partial charge is 0.506 e. The molecule has 2 aromatic carbocycles. The third-order valence-corrected chi connectivity index (χ3v) is 7.11. The summed E-state index contributed by atoms with van der Waals surface area (Å²) < 4.78 is 25.1. The van der Waals surface area contributed by atoms with Gasteiger partial charge < -0.3 is 46.3 Å². The molecule has 0 aliphatic heterocycles. The van der Waals surface area contributed by atoms with Gasteiger partial charge in [-0.2, -0.15) is 0 Å². The van der Waals surface area contributed by atoms with E-state index >= 15 is 0 Å². The van der Waals surface area contributed by atoms with E-state index in [0.29, 0.717) is 16.5 Å². The fourth-order valence-corrected chi connectivity index (χ4v) is 4.81. The van der Waals surface area contributed by atoms with Crippen molar-refractivity contribution in [3.05, 3.63) is 63.9 Å². The Kier molecular flexibility index (Phi) is 10.5. The van der Waals surface area contributed by atoms with Crippen LogP contribution < -0.4 is 20.9 Å². The zero-order valence-corrected chi connectivity index (χ0v) is 22.9. The van der Waals surface area contributed by atoms with Gasteiger partial charge in [0.1, 0.15) is 11.5 Å². The molecular formula is C26H36N4O9S. The van der Waals surface area contributed by atoms with Crippen molar-refractivity contribution in [3.63, 3.8) is 0 Å². The Morgan fingerprint density at radius 1 is 0.925 bits per heavy atom. The van der Waals surface area contributed by atoms with Crippen molar-refractivity contribution >= 4 is 26.6 Å². The van der Waals surface area contributed by atoms with Gasteiger partial charge in [-0.25, -0.2) is 8.42 Å². The first-order valence-electron chi connectivity index (χ1n) is 12.6. The Labute approximate surface area is 231 Å². The predicted molar refractivity (Wildman–Crippen MR) is 150 cm³/mol. The molecule has 14 heteroatoms. The molecule has 0 radical (unpaired) electrons. The Hall–Kier alpha value is -3.24. The number of rotatable bonds is 14. The first-order chi connectivity index (χ1) is 18.8. The van der Waals surface area contributed by atoms with Crippen LogP contribution in [0.3, 0.4) is 0 Å². The van der Waals surface area contributed by atoms with Gasteiger partial charge in [0.2, 0.25) is 15.6 Å². The van der Waals surface area contributed by atoms with Gasteiger partial charge >= 0.3 is 0 Å². The van der Waals surface area contributed by atoms with Gasteiger partial charge in [-0.15, -0.1) is 0 Å². The summed E-state index contributed by atoms with van der Waals surface area (Å²) in [6.45, 7) is 1.39. The van der Waals surface area contributed by atoms with Crippen LogP contribution in [0.15, 0.2) is 47.3 Å². The van der Waals surface area contributed by atoms with Crippen molar-refractivity contribution in [2.45, 2.75) is 43.7 Å². The number of benzene rings is 2. The zero-order valence-electron chi connectivity index (χ0n) is 22.1. The molecule has 0 saturated carbocycles. The highest BCUT2D eigenvalue weighted by Gasteiger charge is 2.22. The second-order valence-corrected chi connectivity index (χ2v) is 11.5. The molecule has 10 N–H and O–H groups in total. The van der Waals surface area contributed by atoms with Gasteiger partial charge in [-0.1, -0.05) is 12.1 Å². The predicted octanol–water partition coefficient (Wildman–Crippen LogP) is -0.243. The van der Waals surface area contributed by atoms with Crippen molar-refractivity contribution in [1.82, 2.24) is 15.6 Å². The molecule has 220 valence electrons. The van der Waals surface area contributed by atoms with E-state index in [4.69, 9.17) is 0 Å². The number of phenols is 2. The molecule has 13 nitrogen and oxygen atoms in total. The van der Waals surface area contributed by atoms with Gasteiger partial charge in [0.15, 0.2) is 0 Å². The maximum absolute atomic E-state index is 11.6. The molecule has 0 bridgehead atoms. The quantitative estimate of drug-likeness (QED) is 0.112. The molecule has 1 aromatic heterocycles. The van der Waals surface area contributed by atoms with Crippen LogP contribution in [0.5, 0.6) is 11.5 Å². The molecule has 0 spiro atoms. The minimum Gasteiger partial charge on any atom is -0.506 e. The number of H-pyrrole nitrogens is 1. The van der Waals surface area contributed by atoms with Crippen molar-refractivity contribution in [1.29, 1.82) is 0 Å². The van der Waals surface area contributed by atoms with Crippen molar-refractivity contribution in [2.24, 2.45) is 0 Å². The maximum Gasteiger partial charge on any atom is 0.248 e. The summed E-state index contributed by atoms with van der Waals surface area (Å²) in [5.41, 5.74) is 0.547. The van der Waals surface area contributed by atoms with Crippen LogP contribution in [0.25, 0.3) is 10.9 Å². The molecule has 0 aliphatic carbocycles. The van der Waals surface area contributed by atoms with Crippen LogP contribution >= 0.6 is 0 Å². The fraction of sp³-hybridized carbons (Fsp3) is 0.423. The second-order valence-electron chi connectivity index (χ2n) is 9.76. The lowest BCUT2D eigenvalue weighted by Crippen LogP contribution is -2.45. The number of aromatic hydroxyl groups is 2. The van der Waals surface area contributed by atoms with Gasteiger partial charge in [0.05, 0.1) is 42.4 Å². The van der Waals surface area contributed by atoms with Crippen LogP contribution in [0, 0.1) is 0 Å². The Morgan fingerprint density at radius 3 is 2.27 bits per heavy atom. The van der Waals surface area contributed by atoms with E-state index in [1.54, 1.807) is 13.0 Å². The normalized spacial score (nSPS) is 15.8. The van der Waals surface area contributed by atoms with Gasteiger partial charge in [-0.3, -0.25) is 9.52 Å². The van der Waals surface area contributed by atoms with E-state index in [1.165, 1.54) is 36.4 Å². The highest BCUT2D eigenvalue weighted by molar-refractivity contribution is 7.92. The number of aromatic amines is 1. The minimum absolute atomic E-state index is 0.0302. The molecule has 3 rings (SSSR count). The molecule has 0 aliphatic rings. The van der Waals surface area contributed by atoms with Gasteiger partial charge in [-0.05, 0) is 48.7 Å². The molecule has 0 fully saturated rings. The molecule has 3 aromatic rings. The minimum atomic E-state index is -3.65. The third-order valence-electron chi connectivity index (χ3n) is 6.52. The average Bonchev–Trinajstić information content (AvgIpc) is 2.90. The molecule has 1 heterocycles. The van der Waals surface area contributed by atoms with E-state index in [9.17, 15) is 43.9 Å². The zero-order chi connectivity index (χ0) is 29.6. The molecule has 0 amide bonds. The number of aromatic nitrogens is 1. The average molecular weight is 581 g/mol. The topological polar surface area (TPSA) is 224 Å². The molecule has 5 atom stereocenters. The highest BCUT2D eigenvalue weighted by atomic mass is 32.2. The lowest BCUT2D eigenvalue weighted by Gasteiger charge is -2.26. The number of sulfonamides is 1. The van der Waals surface area contributed by atoms with Crippen LogP contribution in [-0.2, 0) is 10.0 Å². The summed E-state index contributed by atoms with van der Waals surface area (Å²) in [5, 5.41) is 68.1. The Bertz CT molecular complexity index is 1460.